The van der Waals surface area contributed by atoms with Gasteiger partial charge in [-0.3, -0.25) is 0 Å². The fraction of sp³-hybridized carbons (Fsp3) is 0.643. The van der Waals surface area contributed by atoms with Crippen LogP contribution in [0.1, 0.15) is 49.6 Å². The lowest BCUT2D eigenvalue weighted by Gasteiger charge is -2.05. The number of hydrogen-bond donors (Lipinski definition) is 0. The van der Waals surface area contributed by atoms with E-state index in [0.717, 1.165) is 0 Å². The number of aryl methyl sites for hydroxylation is 3. The monoisotopic (exact) mass is 285 g/mol. The Kier molecular flexibility index (Phi) is 7.65. The lowest BCUT2D eigenvalue weighted by molar-refractivity contribution is -0.709. The Morgan fingerprint density at radius 2 is 1.50 bits per heavy atom. The minimum absolute atomic E-state index is 0. The molecule has 1 aromatic rings. The topological polar surface area (TPSA) is 3.88 Å². The zero-order valence-electron chi connectivity index (χ0n) is 11.0. The molecule has 1 nitrogen and oxygen atoms in total. The van der Waals surface area contributed by atoms with Crippen LogP contribution in [-0.2, 0) is 6.54 Å². The summed E-state index contributed by atoms with van der Waals surface area (Å²) < 4.78 is 2.43. The first-order chi connectivity index (χ1) is 7.15. The molecule has 0 aliphatic rings. The van der Waals surface area contributed by atoms with Gasteiger partial charge < -0.3 is 17.0 Å². The zero-order chi connectivity index (χ0) is 11.3. The van der Waals surface area contributed by atoms with Crippen LogP contribution in [0, 0.1) is 20.8 Å². The highest BCUT2D eigenvalue weighted by Gasteiger charge is 2.10. The van der Waals surface area contributed by atoms with Gasteiger partial charge in [0.1, 0.15) is 6.54 Å². The second-order valence-corrected chi connectivity index (χ2v) is 4.53. The number of hydrogen-bond acceptors (Lipinski definition) is 0. The van der Waals surface area contributed by atoms with Crippen molar-refractivity contribution < 1.29 is 21.5 Å². The first kappa shape index (κ1) is 15.6. The first-order valence-electron chi connectivity index (χ1n) is 6.13. The van der Waals surface area contributed by atoms with E-state index in [2.05, 4.69) is 44.4 Å². The summed E-state index contributed by atoms with van der Waals surface area (Å²) in [5.74, 6) is 0. The van der Waals surface area contributed by atoms with Crippen molar-refractivity contribution in [2.45, 2.75) is 59.9 Å². The Morgan fingerprint density at radius 1 is 0.938 bits per heavy atom. The van der Waals surface area contributed by atoms with Crippen LogP contribution in [0.25, 0.3) is 0 Å². The number of rotatable bonds is 5. The van der Waals surface area contributed by atoms with E-state index in [4.69, 9.17) is 0 Å². The summed E-state index contributed by atoms with van der Waals surface area (Å²) in [6, 6.07) is 4.54. The van der Waals surface area contributed by atoms with E-state index < -0.39 is 0 Å². The van der Waals surface area contributed by atoms with Crippen LogP contribution in [0.3, 0.4) is 0 Å². The molecule has 0 aliphatic carbocycles. The molecule has 2 heteroatoms. The van der Waals surface area contributed by atoms with E-state index in [1.807, 2.05) is 0 Å². The molecule has 92 valence electrons. The number of pyridine rings is 1. The molecule has 0 atom stereocenters. The third kappa shape index (κ3) is 4.65. The van der Waals surface area contributed by atoms with Crippen molar-refractivity contribution in [3.05, 3.63) is 29.1 Å². The fourth-order valence-corrected chi connectivity index (χ4v) is 2.18. The third-order valence-corrected chi connectivity index (χ3v) is 2.96. The molecule has 0 saturated carbocycles. The molecule has 0 radical (unpaired) electrons. The van der Waals surface area contributed by atoms with Crippen molar-refractivity contribution in [3.8, 4) is 0 Å². The summed E-state index contributed by atoms with van der Waals surface area (Å²) in [5.41, 5.74) is 4.16. The normalized spacial score (nSPS) is 10.0. The smallest absolute Gasteiger partial charge is 0.178 e. The summed E-state index contributed by atoms with van der Waals surface area (Å²) in [5, 5.41) is 0. The Hall–Kier alpha value is -0.370. The van der Waals surface area contributed by atoms with Crippen LogP contribution >= 0.6 is 0 Å². The molecule has 0 amide bonds. The Balaban J connectivity index is 0.00000225. The summed E-state index contributed by atoms with van der Waals surface area (Å²) >= 11 is 0. The van der Waals surface area contributed by atoms with Crippen molar-refractivity contribution >= 4 is 0 Å². The van der Waals surface area contributed by atoms with Gasteiger partial charge in [0.15, 0.2) is 11.4 Å². The molecule has 0 N–H and O–H groups in total. The number of unbranched alkanes of at least 4 members (excludes halogenated alkanes) is 3. The van der Waals surface area contributed by atoms with Gasteiger partial charge in [0, 0.05) is 32.4 Å². The number of nitrogens with zero attached hydrogens (tertiary/aromatic N) is 1. The minimum atomic E-state index is 0. The molecule has 0 aliphatic heterocycles. The van der Waals surface area contributed by atoms with Crippen LogP contribution in [0.4, 0.5) is 0 Å². The van der Waals surface area contributed by atoms with Crippen LogP contribution < -0.4 is 21.5 Å². The standard InChI is InChI=1S/C14H24N.BrH/c1-5-6-7-8-9-15-13(3)10-12(2)11-14(15)4;/h10-11H,5-9H2,1-4H3;1H/q+1;/p-1. The second-order valence-electron chi connectivity index (χ2n) is 4.53. The van der Waals surface area contributed by atoms with Gasteiger partial charge in [0.2, 0.25) is 0 Å². The van der Waals surface area contributed by atoms with Crippen molar-refractivity contribution in [1.82, 2.24) is 0 Å². The van der Waals surface area contributed by atoms with Gasteiger partial charge in [-0.25, -0.2) is 4.57 Å². The maximum absolute atomic E-state index is 2.43. The van der Waals surface area contributed by atoms with Crippen molar-refractivity contribution in [2.24, 2.45) is 0 Å². The van der Waals surface area contributed by atoms with Gasteiger partial charge >= 0.3 is 0 Å². The molecule has 0 bridgehead atoms. The van der Waals surface area contributed by atoms with Crippen molar-refractivity contribution in [2.75, 3.05) is 0 Å². The maximum Gasteiger partial charge on any atom is 0.178 e. The van der Waals surface area contributed by atoms with Crippen LogP contribution in [0.2, 0.25) is 0 Å². The first-order valence-corrected chi connectivity index (χ1v) is 6.13. The second kappa shape index (κ2) is 7.83. The predicted molar refractivity (Wildman–Crippen MR) is 65.0 cm³/mol. The van der Waals surface area contributed by atoms with E-state index in [1.165, 1.54) is 49.2 Å². The van der Waals surface area contributed by atoms with Crippen LogP contribution in [0.15, 0.2) is 12.1 Å². The quantitative estimate of drug-likeness (QED) is 0.548. The summed E-state index contributed by atoms with van der Waals surface area (Å²) in [4.78, 5) is 0. The maximum atomic E-state index is 2.43. The Labute approximate surface area is 111 Å². The SMILES string of the molecule is CCCCCC[n+]1c(C)cc(C)cc1C.[Br-]. The van der Waals surface area contributed by atoms with Crippen LogP contribution in [-0.4, -0.2) is 0 Å². The highest BCUT2D eigenvalue weighted by atomic mass is 79.9. The highest BCUT2D eigenvalue weighted by molar-refractivity contribution is 5.13. The van der Waals surface area contributed by atoms with Gasteiger partial charge in [-0.2, -0.15) is 0 Å². The van der Waals surface area contributed by atoms with Gasteiger partial charge in [-0.15, -0.1) is 0 Å². The zero-order valence-corrected chi connectivity index (χ0v) is 12.6. The summed E-state index contributed by atoms with van der Waals surface area (Å²) in [6.45, 7) is 10.0. The predicted octanol–water partition coefficient (Wildman–Crippen LogP) is 0.484. The van der Waals surface area contributed by atoms with E-state index in [-0.39, 0.29) is 17.0 Å². The van der Waals surface area contributed by atoms with Gasteiger partial charge in [-0.05, 0) is 18.9 Å². The van der Waals surface area contributed by atoms with E-state index in [1.54, 1.807) is 0 Å². The molecule has 1 rings (SSSR count). The molecule has 0 saturated heterocycles. The molecule has 0 aromatic carbocycles. The highest BCUT2D eigenvalue weighted by Crippen LogP contribution is 2.04. The van der Waals surface area contributed by atoms with E-state index in [9.17, 15) is 0 Å². The molecule has 0 fully saturated rings. The van der Waals surface area contributed by atoms with Crippen molar-refractivity contribution in [1.29, 1.82) is 0 Å². The van der Waals surface area contributed by atoms with Gasteiger partial charge in [0.25, 0.3) is 0 Å². The molecule has 0 unspecified atom stereocenters. The third-order valence-electron chi connectivity index (χ3n) is 2.96. The van der Waals surface area contributed by atoms with E-state index >= 15 is 0 Å². The number of aromatic nitrogens is 1. The van der Waals surface area contributed by atoms with Gasteiger partial charge in [0.05, 0.1) is 0 Å². The van der Waals surface area contributed by atoms with Crippen molar-refractivity contribution in [3.63, 3.8) is 0 Å². The Morgan fingerprint density at radius 3 is 2.00 bits per heavy atom. The molecule has 1 heterocycles. The summed E-state index contributed by atoms with van der Waals surface area (Å²) in [7, 11) is 0. The van der Waals surface area contributed by atoms with Gasteiger partial charge in [-0.1, -0.05) is 19.8 Å². The number of halogens is 1. The largest absolute Gasteiger partial charge is 1.00 e. The molecular weight excluding hydrogens is 262 g/mol. The molecule has 1 aromatic heterocycles. The van der Waals surface area contributed by atoms with Crippen LogP contribution in [0.5, 0.6) is 0 Å². The minimum Gasteiger partial charge on any atom is -1.00 e. The van der Waals surface area contributed by atoms with E-state index in [0.29, 0.717) is 0 Å². The lowest BCUT2D eigenvalue weighted by atomic mass is 10.1. The summed E-state index contributed by atoms with van der Waals surface area (Å²) in [6.07, 6.45) is 5.35. The fourth-order valence-electron chi connectivity index (χ4n) is 2.18. The Bertz CT molecular complexity index is 298. The average Bonchev–Trinajstić information content (AvgIpc) is 2.15. The molecule has 0 spiro atoms. The lowest BCUT2D eigenvalue weighted by Crippen LogP contribution is -3.00. The average molecular weight is 286 g/mol. The molecular formula is C14H24BrN. The molecule has 16 heavy (non-hydrogen) atoms.